The molecular formula is C34H39N7O6. The standard InChI is InChI=1S/C34H39N7O6/c1-41-18-15-28(40-41)36-30(42)29(38-39-32(45)35-19-21-11-13-22(14-12-21)31(43)44)34(16-6-17-34)37-33(46)47-20-27-25-9-4-2-7-23(25)24-8-3-5-10-26(24)27/h2-5,7-10,15,18,21-22,27H,6,11-14,16-17,19-20H2,1H3,(H,37,46)(H,43,44)(H2,35,39,45)(H,36,40,42)/b38-29+. The van der Waals surface area contributed by atoms with E-state index in [1.54, 1.807) is 19.3 Å². The maximum atomic E-state index is 13.6. The number of benzene rings is 2. The maximum absolute atomic E-state index is 13.6. The lowest BCUT2D eigenvalue weighted by Crippen LogP contribution is -2.62. The molecule has 0 atom stereocenters. The number of nitrogens with one attached hydrogen (secondary N) is 4. The Bertz CT molecular complexity index is 1640. The fourth-order valence-electron chi connectivity index (χ4n) is 6.81. The number of ether oxygens (including phenoxy) is 1. The summed E-state index contributed by atoms with van der Waals surface area (Å²) in [5.74, 6) is -1.42. The van der Waals surface area contributed by atoms with Crippen LogP contribution < -0.4 is 21.4 Å². The van der Waals surface area contributed by atoms with Gasteiger partial charge in [0.2, 0.25) is 0 Å². The highest BCUT2D eigenvalue weighted by atomic mass is 16.5. The first-order valence-electron chi connectivity index (χ1n) is 16.0. The predicted molar refractivity (Wildman–Crippen MR) is 174 cm³/mol. The number of carbonyl (C=O) groups is 4. The number of anilines is 1. The zero-order valence-electron chi connectivity index (χ0n) is 26.2. The summed E-state index contributed by atoms with van der Waals surface area (Å²) < 4.78 is 7.33. The third-order valence-electron chi connectivity index (χ3n) is 9.53. The lowest BCUT2D eigenvalue weighted by Gasteiger charge is -2.41. The quantitative estimate of drug-likeness (QED) is 0.161. The average molecular weight is 642 g/mol. The third kappa shape index (κ3) is 6.98. The van der Waals surface area contributed by atoms with Gasteiger partial charge < -0.3 is 25.8 Å². The summed E-state index contributed by atoms with van der Waals surface area (Å²) in [6.45, 7) is 0.462. The monoisotopic (exact) mass is 641 g/mol. The van der Waals surface area contributed by atoms with Crippen molar-refractivity contribution in [2.75, 3.05) is 18.5 Å². The van der Waals surface area contributed by atoms with Gasteiger partial charge in [-0.05, 0) is 73.1 Å². The number of fused-ring (bicyclic) bond motifs is 3. The number of hydrogen-bond acceptors (Lipinski definition) is 7. The van der Waals surface area contributed by atoms with E-state index in [1.807, 2.05) is 36.4 Å². The molecule has 2 saturated carbocycles. The van der Waals surface area contributed by atoms with Crippen LogP contribution in [0.1, 0.15) is 62.0 Å². The summed E-state index contributed by atoms with van der Waals surface area (Å²) in [6.07, 6.45) is 5.10. The van der Waals surface area contributed by atoms with E-state index in [0.29, 0.717) is 50.9 Å². The molecular weight excluding hydrogens is 602 g/mol. The molecule has 2 aromatic carbocycles. The maximum Gasteiger partial charge on any atom is 0.407 e. The van der Waals surface area contributed by atoms with Crippen LogP contribution >= 0.6 is 0 Å². The molecule has 3 aliphatic carbocycles. The first kappa shape index (κ1) is 31.8. The number of carboxylic acids is 1. The lowest BCUT2D eigenvalue weighted by atomic mass is 9.73. The van der Waals surface area contributed by atoms with Gasteiger partial charge in [0.25, 0.3) is 5.91 Å². The second-order valence-electron chi connectivity index (χ2n) is 12.6. The molecule has 1 heterocycles. The summed E-state index contributed by atoms with van der Waals surface area (Å²) >= 11 is 0. The second kappa shape index (κ2) is 13.7. The van der Waals surface area contributed by atoms with Crippen molar-refractivity contribution >= 4 is 35.5 Å². The highest BCUT2D eigenvalue weighted by Gasteiger charge is 2.47. The molecule has 0 radical (unpaired) electrons. The Hall–Kier alpha value is -5.20. The molecule has 47 heavy (non-hydrogen) atoms. The fourth-order valence-corrected chi connectivity index (χ4v) is 6.81. The molecule has 13 nitrogen and oxygen atoms in total. The Morgan fingerprint density at radius 2 is 1.64 bits per heavy atom. The number of amides is 4. The van der Waals surface area contributed by atoms with Crippen LogP contribution in [-0.2, 0) is 21.4 Å². The number of rotatable bonds is 10. The number of nitrogens with zero attached hydrogens (tertiary/aromatic N) is 3. The summed E-state index contributed by atoms with van der Waals surface area (Å²) in [7, 11) is 1.72. The number of aliphatic carboxylic acids is 1. The minimum Gasteiger partial charge on any atom is -0.481 e. The average Bonchev–Trinajstić information content (AvgIpc) is 3.61. The van der Waals surface area contributed by atoms with E-state index in [-0.39, 0.29) is 30.1 Å². The van der Waals surface area contributed by atoms with Crippen molar-refractivity contribution in [3.05, 3.63) is 71.9 Å². The van der Waals surface area contributed by atoms with Crippen molar-refractivity contribution in [3.8, 4) is 11.1 Å². The van der Waals surface area contributed by atoms with Gasteiger partial charge in [-0.2, -0.15) is 10.2 Å². The molecule has 0 aliphatic heterocycles. The Labute approximate surface area is 272 Å². The van der Waals surface area contributed by atoms with Crippen LogP contribution in [0.3, 0.4) is 0 Å². The van der Waals surface area contributed by atoms with E-state index >= 15 is 0 Å². The predicted octanol–water partition coefficient (Wildman–Crippen LogP) is 4.37. The van der Waals surface area contributed by atoms with Crippen LogP contribution in [0.15, 0.2) is 65.9 Å². The summed E-state index contributed by atoms with van der Waals surface area (Å²) in [4.78, 5) is 50.9. The van der Waals surface area contributed by atoms with E-state index in [4.69, 9.17) is 4.74 Å². The fraction of sp³-hybridized carbons (Fsp3) is 0.412. The molecule has 6 rings (SSSR count). The van der Waals surface area contributed by atoms with Crippen LogP contribution in [0.2, 0.25) is 0 Å². The minimum atomic E-state index is -1.16. The second-order valence-corrected chi connectivity index (χ2v) is 12.6. The van der Waals surface area contributed by atoms with Crippen molar-refractivity contribution in [2.24, 2.45) is 24.0 Å². The lowest BCUT2D eigenvalue weighted by molar-refractivity contribution is -0.143. The smallest absolute Gasteiger partial charge is 0.407 e. The zero-order valence-corrected chi connectivity index (χ0v) is 26.2. The Kier molecular flexibility index (Phi) is 9.23. The van der Waals surface area contributed by atoms with Gasteiger partial charge in [-0.3, -0.25) is 14.3 Å². The number of hydrazone groups is 1. The number of aromatic nitrogens is 2. The normalized spacial score (nSPS) is 19.8. The van der Waals surface area contributed by atoms with Crippen molar-refractivity contribution in [3.63, 3.8) is 0 Å². The van der Waals surface area contributed by atoms with Crippen molar-refractivity contribution < 1.29 is 29.0 Å². The number of aryl methyl sites for hydroxylation is 1. The van der Waals surface area contributed by atoms with E-state index in [2.05, 4.69) is 43.7 Å². The molecule has 0 spiro atoms. The van der Waals surface area contributed by atoms with Crippen molar-refractivity contribution in [2.45, 2.75) is 56.4 Å². The molecule has 0 saturated heterocycles. The van der Waals surface area contributed by atoms with Gasteiger partial charge in [-0.1, -0.05) is 48.5 Å². The third-order valence-corrected chi connectivity index (χ3v) is 9.53. The summed E-state index contributed by atoms with van der Waals surface area (Å²) in [5.41, 5.74) is 5.60. The molecule has 5 N–H and O–H groups in total. The highest BCUT2D eigenvalue weighted by Crippen LogP contribution is 2.44. The molecule has 3 aliphatic rings. The Balaban J connectivity index is 1.13. The van der Waals surface area contributed by atoms with E-state index in [9.17, 15) is 24.3 Å². The molecule has 4 amide bonds. The van der Waals surface area contributed by atoms with Gasteiger partial charge in [0.05, 0.1) is 11.5 Å². The first-order valence-corrected chi connectivity index (χ1v) is 16.0. The van der Waals surface area contributed by atoms with Gasteiger partial charge in [0.1, 0.15) is 6.61 Å². The van der Waals surface area contributed by atoms with Crippen LogP contribution in [0.25, 0.3) is 11.1 Å². The van der Waals surface area contributed by atoms with E-state index < -0.39 is 29.5 Å². The number of carbonyl (C=O) groups excluding carboxylic acids is 3. The molecule has 0 bridgehead atoms. The molecule has 3 aromatic rings. The van der Waals surface area contributed by atoms with Crippen LogP contribution in [0.4, 0.5) is 15.4 Å². The SMILES string of the molecule is Cn1ccc(NC(=O)/C(=N\NC(=O)NCC2CCC(C(=O)O)CC2)C2(NC(=O)OCC3c4ccccc4-c4ccccc43)CCC2)n1. The molecule has 13 heteroatoms. The van der Waals surface area contributed by atoms with Gasteiger partial charge >= 0.3 is 18.1 Å². The molecule has 1 aromatic heterocycles. The van der Waals surface area contributed by atoms with Crippen LogP contribution in [0.5, 0.6) is 0 Å². The van der Waals surface area contributed by atoms with Gasteiger partial charge in [-0.25, -0.2) is 15.0 Å². The summed E-state index contributed by atoms with van der Waals surface area (Å²) in [6, 6.07) is 17.1. The topological polar surface area (TPSA) is 176 Å². The molecule has 246 valence electrons. The van der Waals surface area contributed by atoms with Crippen LogP contribution in [-0.4, -0.2) is 63.3 Å². The largest absolute Gasteiger partial charge is 0.481 e. The highest BCUT2D eigenvalue weighted by molar-refractivity contribution is 6.46. The Morgan fingerprint density at radius 1 is 0.979 bits per heavy atom. The number of urea groups is 1. The van der Waals surface area contributed by atoms with Gasteiger partial charge in [0.15, 0.2) is 11.5 Å². The number of carboxylic acid groups (broad SMARTS) is 1. The minimum absolute atomic E-state index is 0.0694. The first-order chi connectivity index (χ1) is 22.7. The Morgan fingerprint density at radius 3 is 2.21 bits per heavy atom. The van der Waals surface area contributed by atoms with Gasteiger partial charge in [0, 0.05) is 31.8 Å². The van der Waals surface area contributed by atoms with E-state index in [0.717, 1.165) is 28.7 Å². The number of alkyl carbamates (subject to hydrolysis) is 1. The van der Waals surface area contributed by atoms with E-state index in [1.165, 1.54) is 4.68 Å². The van der Waals surface area contributed by atoms with Gasteiger partial charge in [-0.15, -0.1) is 0 Å². The molecule has 0 unspecified atom stereocenters. The van der Waals surface area contributed by atoms with Crippen molar-refractivity contribution in [1.82, 2.24) is 25.8 Å². The zero-order chi connectivity index (χ0) is 33.0. The summed E-state index contributed by atoms with van der Waals surface area (Å²) in [5, 5.41) is 26.1. The van der Waals surface area contributed by atoms with Crippen molar-refractivity contribution in [1.29, 1.82) is 0 Å². The van der Waals surface area contributed by atoms with Crippen LogP contribution in [0, 0.1) is 11.8 Å². The number of hydrogen-bond donors (Lipinski definition) is 5. The molecule has 2 fully saturated rings.